The van der Waals surface area contributed by atoms with Crippen LogP contribution in [-0.4, -0.2) is 46.0 Å². The highest BCUT2D eigenvalue weighted by atomic mass is 15.3. The molecule has 90 valence electrons. The number of nitrogens with one attached hydrogen (secondary N) is 2. The Kier molecular flexibility index (Phi) is 4.30. The van der Waals surface area contributed by atoms with E-state index in [1.807, 2.05) is 0 Å². The molecule has 2 heterocycles. The number of rotatable bonds is 5. The molecule has 5 heteroatoms. The molecule has 0 saturated carbocycles. The van der Waals surface area contributed by atoms with Crippen LogP contribution in [0.2, 0.25) is 0 Å². The number of hydrogen-bond acceptors (Lipinski definition) is 4. The summed E-state index contributed by atoms with van der Waals surface area (Å²) in [5, 5.41) is 13.9. The zero-order chi connectivity index (χ0) is 11.2. The number of aromatic nitrogens is 3. The molecule has 0 aromatic carbocycles. The summed E-state index contributed by atoms with van der Waals surface area (Å²) in [7, 11) is 0. The molecular formula is C11H21N5. The standard InChI is InChI=1S/C11H21N5/c1-10(9-16-5-3-2-4-6-16)12-7-11-8-13-15-14-11/h8,10,12H,2-7,9H2,1H3,(H,13,14,15). The number of H-pyrrole nitrogens is 1. The minimum atomic E-state index is 0.509. The van der Waals surface area contributed by atoms with E-state index in [1.54, 1.807) is 6.20 Å². The van der Waals surface area contributed by atoms with Crippen molar-refractivity contribution in [3.05, 3.63) is 11.9 Å². The molecule has 0 radical (unpaired) electrons. The van der Waals surface area contributed by atoms with Crippen molar-refractivity contribution in [1.29, 1.82) is 0 Å². The zero-order valence-electron chi connectivity index (χ0n) is 9.95. The lowest BCUT2D eigenvalue weighted by molar-refractivity contribution is 0.208. The molecule has 2 rings (SSSR count). The van der Waals surface area contributed by atoms with Crippen molar-refractivity contribution in [2.75, 3.05) is 19.6 Å². The largest absolute Gasteiger partial charge is 0.307 e. The van der Waals surface area contributed by atoms with Crippen LogP contribution in [0.1, 0.15) is 31.9 Å². The maximum Gasteiger partial charge on any atom is 0.0962 e. The third kappa shape index (κ3) is 3.57. The Balaban J connectivity index is 1.65. The molecule has 1 aromatic rings. The lowest BCUT2D eigenvalue weighted by atomic mass is 10.1. The predicted octanol–water partition coefficient (Wildman–Crippen LogP) is 0.769. The lowest BCUT2D eigenvalue weighted by Crippen LogP contribution is -2.41. The highest BCUT2D eigenvalue weighted by molar-refractivity contribution is 4.90. The summed E-state index contributed by atoms with van der Waals surface area (Å²) >= 11 is 0. The van der Waals surface area contributed by atoms with Crippen molar-refractivity contribution >= 4 is 0 Å². The van der Waals surface area contributed by atoms with Gasteiger partial charge in [0.15, 0.2) is 0 Å². The first kappa shape index (κ1) is 11.5. The van der Waals surface area contributed by atoms with Crippen LogP contribution in [0.5, 0.6) is 0 Å². The fourth-order valence-electron chi connectivity index (χ4n) is 2.18. The van der Waals surface area contributed by atoms with Crippen molar-refractivity contribution in [2.45, 2.75) is 38.8 Å². The van der Waals surface area contributed by atoms with Gasteiger partial charge < -0.3 is 10.2 Å². The molecule has 1 atom stereocenters. The molecule has 0 amide bonds. The first-order chi connectivity index (χ1) is 7.84. The highest BCUT2D eigenvalue weighted by Crippen LogP contribution is 2.08. The first-order valence-corrected chi connectivity index (χ1v) is 6.15. The van der Waals surface area contributed by atoms with E-state index < -0.39 is 0 Å². The SMILES string of the molecule is CC(CN1CCCCC1)NCc1cn[nH]n1. The van der Waals surface area contributed by atoms with Crippen LogP contribution in [-0.2, 0) is 6.54 Å². The third-order valence-corrected chi connectivity index (χ3v) is 3.08. The van der Waals surface area contributed by atoms with Crippen LogP contribution >= 0.6 is 0 Å². The summed E-state index contributed by atoms with van der Waals surface area (Å²) in [4.78, 5) is 2.55. The molecule has 1 aliphatic rings. The summed E-state index contributed by atoms with van der Waals surface area (Å²) in [6, 6.07) is 0.509. The summed E-state index contributed by atoms with van der Waals surface area (Å²) < 4.78 is 0. The molecule has 1 unspecified atom stereocenters. The Morgan fingerprint density at radius 2 is 2.25 bits per heavy atom. The first-order valence-electron chi connectivity index (χ1n) is 6.15. The van der Waals surface area contributed by atoms with Crippen molar-refractivity contribution in [3.8, 4) is 0 Å². The van der Waals surface area contributed by atoms with Crippen molar-refractivity contribution in [1.82, 2.24) is 25.6 Å². The molecule has 0 bridgehead atoms. The van der Waals surface area contributed by atoms with Crippen LogP contribution in [0.3, 0.4) is 0 Å². The van der Waals surface area contributed by atoms with Gasteiger partial charge in [-0.15, -0.1) is 0 Å². The molecule has 1 saturated heterocycles. The fourth-order valence-corrected chi connectivity index (χ4v) is 2.18. The van der Waals surface area contributed by atoms with E-state index in [9.17, 15) is 0 Å². The number of likely N-dealkylation sites (tertiary alicyclic amines) is 1. The third-order valence-electron chi connectivity index (χ3n) is 3.08. The van der Waals surface area contributed by atoms with Gasteiger partial charge in [0, 0.05) is 19.1 Å². The molecule has 2 N–H and O–H groups in total. The Morgan fingerprint density at radius 3 is 2.94 bits per heavy atom. The minimum Gasteiger partial charge on any atom is -0.307 e. The fraction of sp³-hybridized carbons (Fsp3) is 0.818. The summed E-state index contributed by atoms with van der Waals surface area (Å²) in [6.07, 6.45) is 5.88. The second kappa shape index (κ2) is 5.96. The van der Waals surface area contributed by atoms with Gasteiger partial charge in [-0.2, -0.15) is 15.4 Å². The molecule has 1 fully saturated rings. The molecule has 5 nitrogen and oxygen atoms in total. The lowest BCUT2D eigenvalue weighted by Gasteiger charge is -2.29. The Morgan fingerprint density at radius 1 is 1.44 bits per heavy atom. The number of aromatic amines is 1. The topological polar surface area (TPSA) is 56.8 Å². The number of piperidine rings is 1. The van der Waals surface area contributed by atoms with E-state index in [0.29, 0.717) is 6.04 Å². The number of hydrogen-bond donors (Lipinski definition) is 2. The van der Waals surface area contributed by atoms with E-state index >= 15 is 0 Å². The van der Waals surface area contributed by atoms with Gasteiger partial charge in [-0.1, -0.05) is 6.42 Å². The van der Waals surface area contributed by atoms with Crippen LogP contribution in [0.15, 0.2) is 6.20 Å². The van der Waals surface area contributed by atoms with E-state index in [0.717, 1.165) is 18.8 Å². The van der Waals surface area contributed by atoms with Gasteiger partial charge >= 0.3 is 0 Å². The van der Waals surface area contributed by atoms with E-state index in [2.05, 4.69) is 32.6 Å². The van der Waals surface area contributed by atoms with Gasteiger partial charge in [0.1, 0.15) is 0 Å². The minimum absolute atomic E-state index is 0.509. The van der Waals surface area contributed by atoms with Crippen LogP contribution in [0.25, 0.3) is 0 Å². The Hall–Kier alpha value is -0.940. The quantitative estimate of drug-likeness (QED) is 0.774. The van der Waals surface area contributed by atoms with Gasteiger partial charge in [0.05, 0.1) is 11.9 Å². The maximum absolute atomic E-state index is 4.02. The molecule has 0 spiro atoms. The highest BCUT2D eigenvalue weighted by Gasteiger charge is 2.13. The second-order valence-corrected chi connectivity index (χ2v) is 4.60. The Labute approximate surface area is 96.6 Å². The average molecular weight is 223 g/mol. The van der Waals surface area contributed by atoms with E-state index in [4.69, 9.17) is 0 Å². The van der Waals surface area contributed by atoms with E-state index in [-0.39, 0.29) is 0 Å². The van der Waals surface area contributed by atoms with Gasteiger partial charge in [-0.25, -0.2) is 0 Å². The summed E-state index contributed by atoms with van der Waals surface area (Å²) in [5.41, 5.74) is 0.977. The molecular weight excluding hydrogens is 202 g/mol. The van der Waals surface area contributed by atoms with E-state index in [1.165, 1.54) is 32.4 Å². The molecule has 1 aromatic heterocycles. The molecule has 0 aliphatic carbocycles. The van der Waals surface area contributed by atoms with Crippen molar-refractivity contribution in [2.24, 2.45) is 0 Å². The van der Waals surface area contributed by atoms with Gasteiger partial charge in [-0.05, 0) is 32.9 Å². The van der Waals surface area contributed by atoms with Gasteiger partial charge in [0.25, 0.3) is 0 Å². The van der Waals surface area contributed by atoms with Crippen molar-refractivity contribution in [3.63, 3.8) is 0 Å². The zero-order valence-corrected chi connectivity index (χ0v) is 9.95. The smallest absolute Gasteiger partial charge is 0.0962 e. The second-order valence-electron chi connectivity index (χ2n) is 4.60. The monoisotopic (exact) mass is 223 g/mol. The van der Waals surface area contributed by atoms with Crippen LogP contribution in [0, 0.1) is 0 Å². The molecule has 1 aliphatic heterocycles. The van der Waals surface area contributed by atoms with Crippen molar-refractivity contribution < 1.29 is 0 Å². The normalized spacial score (nSPS) is 19.8. The average Bonchev–Trinajstić information content (AvgIpc) is 2.81. The van der Waals surface area contributed by atoms with Gasteiger partial charge in [-0.3, -0.25) is 0 Å². The predicted molar refractivity (Wildman–Crippen MR) is 63.0 cm³/mol. The summed E-state index contributed by atoms with van der Waals surface area (Å²) in [6.45, 7) is 6.68. The van der Waals surface area contributed by atoms with Gasteiger partial charge in [0.2, 0.25) is 0 Å². The number of nitrogens with zero attached hydrogens (tertiary/aromatic N) is 3. The maximum atomic E-state index is 4.02. The van der Waals surface area contributed by atoms with Crippen LogP contribution in [0.4, 0.5) is 0 Å². The molecule has 16 heavy (non-hydrogen) atoms. The summed E-state index contributed by atoms with van der Waals surface area (Å²) in [5.74, 6) is 0. The van der Waals surface area contributed by atoms with Crippen LogP contribution < -0.4 is 5.32 Å². The Bertz CT molecular complexity index is 279.